The predicted molar refractivity (Wildman–Crippen MR) is 64.8 cm³/mol. The number of hydrogen-bond donors (Lipinski definition) is 2. The van der Waals surface area contributed by atoms with Crippen LogP contribution in [0.4, 0.5) is 17.6 Å². The van der Waals surface area contributed by atoms with E-state index in [0.717, 1.165) is 31.2 Å². The molecule has 8 heteroatoms. The van der Waals surface area contributed by atoms with Gasteiger partial charge in [0.15, 0.2) is 5.54 Å². The largest absolute Gasteiger partial charge is 0.479 e. The summed E-state index contributed by atoms with van der Waals surface area (Å²) in [4.78, 5) is 22.8. The van der Waals surface area contributed by atoms with Gasteiger partial charge in [0, 0.05) is 6.42 Å². The van der Waals surface area contributed by atoms with Crippen LogP contribution < -0.4 is 5.32 Å². The second-order valence-electron chi connectivity index (χ2n) is 4.60. The summed E-state index contributed by atoms with van der Waals surface area (Å²) >= 11 is 0. The van der Waals surface area contributed by atoms with Crippen LogP contribution in [0.15, 0.2) is 24.3 Å². The van der Waals surface area contributed by atoms with Crippen LogP contribution in [0.3, 0.4) is 0 Å². The number of halogens is 4. The third-order valence-corrected chi connectivity index (χ3v) is 2.87. The summed E-state index contributed by atoms with van der Waals surface area (Å²) in [7, 11) is 0. The van der Waals surface area contributed by atoms with Crippen LogP contribution in [-0.4, -0.2) is 23.2 Å². The van der Waals surface area contributed by atoms with E-state index < -0.39 is 42.3 Å². The Balaban J connectivity index is 2.89. The van der Waals surface area contributed by atoms with E-state index in [1.165, 1.54) is 0 Å². The van der Waals surface area contributed by atoms with Gasteiger partial charge in [0.25, 0.3) is 0 Å². The summed E-state index contributed by atoms with van der Waals surface area (Å²) < 4.78 is 48.9. The topological polar surface area (TPSA) is 66.4 Å². The molecule has 0 aliphatic rings. The first-order valence-corrected chi connectivity index (χ1v) is 5.92. The Kier molecular flexibility index (Phi) is 4.93. The number of carbonyl (C=O) groups is 2. The van der Waals surface area contributed by atoms with Crippen molar-refractivity contribution in [3.8, 4) is 0 Å². The van der Waals surface area contributed by atoms with E-state index in [0.29, 0.717) is 0 Å². The first-order valence-electron chi connectivity index (χ1n) is 5.92. The fourth-order valence-corrected chi connectivity index (χ4v) is 1.63. The molecule has 0 saturated heterocycles. The molecule has 0 radical (unpaired) electrons. The average Bonchev–Trinajstić information content (AvgIpc) is 2.36. The summed E-state index contributed by atoms with van der Waals surface area (Å²) in [6, 6.07) is 4.29. The summed E-state index contributed by atoms with van der Waals surface area (Å²) in [5, 5.41) is 11.2. The normalized spacial score (nSPS) is 14.3. The zero-order chi connectivity index (χ0) is 16.3. The van der Waals surface area contributed by atoms with E-state index in [9.17, 15) is 32.3 Å². The molecule has 0 fully saturated rings. The van der Waals surface area contributed by atoms with Crippen molar-refractivity contribution in [3.05, 3.63) is 35.6 Å². The molecule has 0 aliphatic carbocycles. The number of benzene rings is 1. The zero-order valence-electron chi connectivity index (χ0n) is 11.0. The van der Waals surface area contributed by atoms with Gasteiger partial charge in [-0.3, -0.25) is 4.79 Å². The SMILES string of the molecule is CC(NC(=O)CCC(F)(F)F)(C(=O)O)c1ccc(F)cc1. The van der Waals surface area contributed by atoms with Crippen LogP contribution in [0, 0.1) is 5.82 Å². The standard InChI is InChI=1S/C13H13F4NO3/c1-12(11(20)21,8-2-4-9(14)5-3-8)18-10(19)6-7-13(15,16)17/h2-5H,6-7H2,1H3,(H,18,19)(H,20,21). The van der Waals surface area contributed by atoms with Gasteiger partial charge in [0.1, 0.15) is 5.82 Å². The van der Waals surface area contributed by atoms with Crippen molar-refractivity contribution in [2.45, 2.75) is 31.5 Å². The fraction of sp³-hybridized carbons (Fsp3) is 0.385. The second kappa shape index (κ2) is 6.11. The van der Waals surface area contributed by atoms with Crippen LogP contribution in [0.2, 0.25) is 0 Å². The minimum atomic E-state index is -4.51. The molecular formula is C13H13F4NO3. The summed E-state index contributed by atoms with van der Waals surface area (Å²) in [5.41, 5.74) is -1.88. The lowest BCUT2D eigenvalue weighted by atomic mass is 9.91. The molecule has 0 heterocycles. The lowest BCUT2D eigenvalue weighted by molar-refractivity contribution is -0.150. The highest BCUT2D eigenvalue weighted by Crippen LogP contribution is 2.24. The highest BCUT2D eigenvalue weighted by atomic mass is 19.4. The van der Waals surface area contributed by atoms with Crippen molar-refractivity contribution in [1.82, 2.24) is 5.32 Å². The molecule has 2 N–H and O–H groups in total. The van der Waals surface area contributed by atoms with Gasteiger partial charge in [-0.25, -0.2) is 9.18 Å². The van der Waals surface area contributed by atoms with E-state index in [-0.39, 0.29) is 5.56 Å². The minimum Gasteiger partial charge on any atom is -0.479 e. The van der Waals surface area contributed by atoms with E-state index in [1.807, 2.05) is 5.32 Å². The highest BCUT2D eigenvalue weighted by Gasteiger charge is 2.37. The average molecular weight is 307 g/mol. The molecule has 1 amide bonds. The fourth-order valence-electron chi connectivity index (χ4n) is 1.63. The first kappa shape index (κ1) is 16.9. The van der Waals surface area contributed by atoms with E-state index in [4.69, 9.17) is 0 Å². The summed E-state index contributed by atoms with van der Waals surface area (Å²) in [6.07, 6.45) is -6.74. The van der Waals surface area contributed by atoms with Crippen LogP contribution >= 0.6 is 0 Å². The lowest BCUT2D eigenvalue weighted by Gasteiger charge is -2.27. The number of amides is 1. The van der Waals surface area contributed by atoms with Gasteiger partial charge in [0.2, 0.25) is 5.91 Å². The highest BCUT2D eigenvalue weighted by molar-refractivity contribution is 5.87. The van der Waals surface area contributed by atoms with E-state index >= 15 is 0 Å². The number of hydrogen-bond acceptors (Lipinski definition) is 2. The summed E-state index contributed by atoms with van der Waals surface area (Å²) in [6.45, 7) is 1.12. The molecule has 0 aliphatic heterocycles. The third kappa shape index (κ3) is 4.73. The number of rotatable bonds is 5. The quantitative estimate of drug-likeness (QED) is 0.822. The molecule has 1 unspecified atom stereocenters. The third-order valence-electron chi connectivity index (χ3n) is 2.87. The molecule has 0 saturated carbocycles. The molecule has 4 nitrogen and oxygen atoms in total. The summed E-state index contributed by atoms with van der Waals surface area (Å²) in [5.74, 6) is -3.12. The van der Waals surface area contributed by atoms with Crippen molar-refractivity contribution in [2.75, 3.05) is 0 Å². The number of aliphatic carboxylic acids is 1. The molecule has 1 rings (SSSR count). The molecule has 116 valence electrons. The Bertz CT molecular complexity index is 527. The molecule has 1 aromatic rings. The van der Waals surface area contributed by atoms with Crippen molar-refractivity contribution in [1.29, 1.82) is 0 Å². The van der Waals surface area contributed by atoms with Crippen LogP contribution in [0.25, 0.3) is 0 Å². The Morgan fingerprint density at radius 3 is 2.14 bits per heavy atom. The van der Waals surface area contributed by atoms with Crippen molar-refractivity contribution >= 4 is 11.9 Å². The number of nitrogens with one attached hydrogen (secondary N) is 1. The van der Waals surface area contributed by atoms with Crippen LogP contribution in [0.1, 0.15) is 25.3 Å². The van der Waals surface area contributed by atoms with Gasteiger partial charge >= 0.3 is 12.1 Å². The molecule has 0 bridgehead atoms. The zero-order valence-corrected chi connectivity index (χ0v) is 11.0. The molecule has 1 atom stereocenters. The molecule has 21 heavy (non-hydrogen) atoms. The Hall–Kier alpha value is -2.12. The Labute approximate surface area is 117 Å². The van der Waals surface area contributed by atoms with E-state index in [1.54, 1.807) is 0 Å². The Morgan fingerprint density at radius 1 is 1.19 bits per heavy atom. The number of alkyl halides is 3. The van der Waals surface area contributed by atoms with Crippen molar-refractivity contribution < 1.29 is 32.3 Å². The van der Waals surface area contributed by atoms with E-state index in [2.05, 4.69) is 0 Å². The van der Waals surface area contributed by atoms with Gasteiger partial charge in [-0.15, -0.1) is 0 Å². The molecule has 0 aromatic heterocycles. The smallest absolute Gasteiger partial charge is 0.389 e. The molecule has 0 spiro atoms. The number of carboxylic acid groups (broad SMARTS) is 1. The van der Waals surface area contributed by atoms with Crippen LogP contribution in [-0.2, 0) is 15.1 Å². The molecular weight excluding hydrogens is 294 g/mol. The van der Waals surface area contributed by atoms with Crippen LogP contribution in [0.5, 0.6) is 0 Å². The number of carbonyl (C=O) groups excluding carboxylic acids is 1. The molecule has 1 aromatic carbocycles. The minimum absolute atomic E-state index is 0.0526. The monoisotopic (exact) mass is 307 g/mol. The maximum absolute atomic E-state index is 12.8. The predicted octanol–water partition coefficient (Wildman–Crippen LogP) is 2.58. The lowest BCUT2D eigenvalue weighted by Crippen LogP contribution is -2.49. The Morgan fingerprint density at radius 2 is 1.71 bits per heavy atom. The number of carboxylic acids is 1. The maximum Gasteiger partial charge on any atom is 0.389 e. The first-order chi connectivity index (χ1) is 9.54. The van der Waals surface area contributed by atoms with Gasteiger partial charge < -0.3 is 10.4 Å². The van der Waals surface area contributed by atoms with Gasteiger partial charge in [-0.05, 0) is 24.6 Å². The van der Waals surface area contributed by atoms with Gasteiger partial charge in [-0.1, -0.05) is 12.1 Å². The second-order valence-corrected chi connectivity index (χ2v) is 4.60. The maximum atomic E-state index is 12.8. The van der Waals surface area contributed by atoms with Gasteiger partial charge in [-0.2, -0.15) is 13.2 Å². The van der Waals surface area contributed by atoms with Crippen molar-refractivity contribution in [2.24, 2.45) is 0 Å². The van der Waals surface area contributed by atoms with Crippen molar-refractivity contribution in [3.63, 3.8) is 0 Å². The van der Waals surface area contributed by atoms with Gasteiger partial charge in [0.05, 0.1) is 6.42 Å².